The highest BCUT2D eigenvalue weighted by Crippen LogP contribution is 2.20. The molecule has 0 atom stereocenters. The van der Waals surface area contributed by atoms with E-state index in [0.29, 0.717) is 5.41 Å². The third-order valence-corrected chi connectivity index (χ3v) is 2.59. The van der Waals surface area contributed by atoms with Crippen LogP contribution < -0.4 is 5.32 Å². The van der Waals surface area contributed by atoms with Crippen LogP contribution in [0.3, 0.4) is 0 Å². The minimum absolute atomic E-state index is 0.319. The predicted octanol–water partition coefficient (Wildman–Crippen LogP) is 2.59. The van der Waals surface area contributed by atoms with Crippen LogP contribution in [0.4, 0.5) is 0 Å². The van der Waals surface area contributed by atoms with Gasteiger partial charge >= 0.3 is 0 Å². The van der Waals surface area contributed by atoms with Crippen molar-refractivity contribution >= 4 is 0 Å². The first-order valence-corrected chi connectivity index (χ1v) is 6.53. The van der Waals surface area contributed by atoms with Crippen LogP contribution in [0.15, 0.2) is 4.42 Å². The third-order valence-electron chi connectivity index (χ3n) is 2.59. The maximum absolute atomic E-state index is 5.61. The highest BCUT2D eigenvalue weighted by Gasteiger charge is 2.13. The Morgan fingerprint density at radius 2 is 1.76 bits per heavy atom. The van der Waals surface area contributed by atoms with Gasteiger partial charge in [0, 0.05) is 12.8 Å². The molecule has 4 heteroatoms. The molecule has 0 bridgehead atoms. The lowest BCUT2D eigenvalue weighted by Crippen LogP contribution is -2.14. The molecule has 1 N–H and O–H groups in total. The molecule has 0 saturated carbocycles. The van der Waals surface area contributed by atoms with Crippen molar-refractivity contribution in [2.24, 2.45) is 5.41 Å². The fourth-order valence-electron chi connectivity index (χ4n) is 1.51. The summed E-state index contributed by atoms with van der Waals surface area (Å²) in [4.78, 5) is 0. The molecule has 0 aliphatic heterocycles. The molecule has 0 aliphatic rings. The summed E-state index contributed by atoms with van der Waals surface area (Å²) < 4.78 is 5.61. The molecule has 1 aromatic heterocycles. The zero-order chi connectivity index (χ0) is 12.7. The number of nitrogens with zero attached hydrogens (tertiary/aromatic N) is 2. The molecule has 1 rings (SSSR count). The van der Waals surface area contributed by atoms with Crippen molar-refractivity contribution in [2.45, 2.75) is 53.4 Å². The Hall–Kier alpha value is -0.900. The van der Waals surface area contributed by atoms with Crippen LogP contribution in [-0.2, 0) is 12.8 Å². The molecule has 98 valence electrons. The zero-order valence-corrected chi connectivity index (χ0v) is 11.5. The quantitative estimate of drug-likeness (QED) is 0.743. The van der Waals surface area contributed by atoms with Gasteiger partial charge < -0.3 is 9.73 Å². The molecular formula is C13H25N3O. The van der Waals surface area contributed by atoms with E-state index in [1.807, 2.05) is 0 Å². The van der Waals surface area contributed by atoms with Gasteiger partial charge in [0.2, 0.25) is 11.8 Å². The van der Waals surface area contributed by atoms with Crippen molar-refractivity contribution in [3.8, 4) is 0 Å². The summed E-state index contributed by atoms with van der Waals surface area (Å²) in [5.74, 6) is 1.55. The van der Waals surface area contributed by atoms with Gasteiger partial charge in [-0.05, 0) is 31.3 Å². The van der Waals surface area contributed by atoms with Gasteiger partial charge in [-0.1, -0.05) is 27.7 Å². The second-order valence-electron chi connectivity index (χ2n) is 5.61. The Morgan fingerprint density at radius 3 is 2.35 bits per heavy atom. The summed E-state index contributed by atoms with van der Waals surface area (Å²) in [5.41, 5.74) is 0.319. The van der Waals surface area contributed by atoms with E-state index in [0.717, 1.165) is 50.6 Å². The van der Waals surface area contributed by atoms with Gasteiger partial charge in [0.1, 0.15) is 0 Å². The number of hydrogen-bond acceptors (Lipinski definition) is 4. The van der Waals surface area contributed by atoms with E-state index in [9.17, 15) is 0 Å². The van der Waals surface area contributed by atoms with E-state index in [4.69, 9.17) is 4.42 Å². The maximum Gasteiger partial charge on any atom is 0.216 e. The molecule has 0 fully saturated rings. The van der Waals surface area contributed by atoms with E-state index >= 15 is 0 Å². The normalized spacial score (nSPS) is 12.0. The van der Waals surface area contributed by atoms with Gasteiger partial charge in [0.25, 0.3) is 0 Å². The molecule has 1 heterocycles. The van der Waals surface area contributed by atoms with Gasteiger partial charge in [-0.2, -0.15) is 0 Å². The Kier molecular flexibility index (Phi) is 5.62. The average molecular weight is 239 g/mol. The second kappa shape index (κ2) is 6.74. The van der Waals surface area contributed by atoms with Crippen molar-refractivity contribution in [2.75, 3.05) is 13.1 Å². The summed E-state index contributed by atoms with van der Waals surface area (Å²) in [7, 11) is 0. The van der Waals surface area contributed by atoms with E-state index in [2.05, 4.69) is 43.2 Å². The minimum atomic E-state index is 0.319. The number of rotatable bonds is 7. The van der Waals surface area contributed by atoms with Crippen molar-refractivity contribution < 1.29 is 4.42 Å². The fraction of sp³-hybridized carbons (Fsp3) is 0.846. The largest absolute Gasteiger partial charge is 0.425 e. The molecule has 0 spiro atoms. The first-order chi connectivity index (χ1) is 8.01. The highest BCUT2D eigenvalue weighted by atomic mass is 16.4. The van der Waals surface area contributed by atoms with Crippen LogP contribution in [0, 0.1) is 5.41 Å². The molecular weight excluding hydrogens is 214 g/mol. The van der Waals surface area contributed by atoms with E-state index in [1.54, 1.807) is 0 Å². The van der Waals surface area contributed by atoms with Crippen LogP contribution in [0.25, 0.3) is 0 Å². The molecule has 0 amide bonds. The van der Waals surface area contributed by atoms with Crippen LogP contribution in [-0.4, -0.2) is 23.3 Å². The molecule has 0 aliphatic carbocycles. The summed E-state index contributed by atoms with van der Waals surface area (Å²) in [6.45, 7) is 10.8. The lowest BCUT2D eigenvalue weighted by Gasteiger charge is -2.15. The summed E-state index contributed by atoms with van der Waals surface area (Å²) >= 11 is 0. The minimum Gasteiger partial charge on any atom is -0.425 e. The summed E-state index contributed by atoms with van der Waals surface area (Å²) in [5, 5.41) is 11.4. The van der Waals surface area contributed by atoms with Crippen molar-refractivity contribution in [1.29, 1.82) is 0 Å². The van der Waals surface area contributed by atoms with Gasteiger partial charge in [-0.15, -0.1) is 10.2 Å². The molecule has 0 saturated heterocycles. The lowest BCUT2D eigenvalue weighted by molar-refractivity contribution is 0.349. The Bertz CT molecular complexity index is 315. The number of hydrogen-bond donors (Lipinski definition) is 1. The number of aromatic nitrogens is 2. The van der Waals surface area contributed by atoms with Crippen LogP contribution >= 0.6 is 0 Å². The van der Waals surface area contributed by atoms with Crippen molar-refractivity contribution in [1.82, 2.24) is 15.5 Å². The van der Waals surface area contributed by atoms with Crippen LogP contribution in [0.1, 0.15) is 52.3 Å². The Morgan fingerprint density at radius 1 is 1.12 bits per heavy atom. The second-order valence-corrected chi connectivity index (χ2v) is 5.61. The van der Waals surface area contributed by atoms with Gasteiger partial charge in [-0.3, -0.25) is 0 Å². The first kappa shape index (κ1) is 14.2. The standard InChI is InChI=1S/C13H25N3O/c1-5-14-10-6-7-11-15-16-12(17-11)8-9-13(2,3)4/h14H,5-10H2,1-4H3. The van der Waals surface area contributed by atoms with Gasteiger partial charge in [0.15, 0.2) is 0 Å². The fourth-order valence-corrected chi connectivity index (χ4v) is 1.51. The molecule has 4 nitrogen and oxygen atoms in total. The molecule has 0 radical (unpaired) electrons. The summed E-state index contributed by atoms with van der Waals surface area (Å²) in [6.07, 6.45) is 3.87. The highest BCUT2D eigenvalue weighted by molar-refractivity contribution is 4.83. The molecule has 1 aromatic rings. The topological polar surface area (TPSA) is 51.0 Å². The first-order valence-electron chi connectivity index (χ1n) is 6.53. The molecule has 17 heavy (non-hydrogen) atoms. The van der Waals surface area contributed by atoms with E-state index in [-0.39, 0.29) is 0 Å². The maximum atomic E-state index is 5.61. The number of aryl methyl sites for hydroxylation is 2. The Labute approximate surface area is 104 Å². The van der Waals surface area contributed by atoms with Crippen LogP contribution in [0.5, 0.6) is 0 Å². The van der Waals surface area contributed by atoms with Crippen molar-refractivity contribution in [3.63, 3.8) is 0 Å². The predicted molar refractivity (Wildman–Crippen MR) is 68.9 cm³/mol. The SMILES string of the molecule is CCNCCCc1nnc(CCC(C)(C)C)o1. The van der Waals surface area contributed by atoms with Crippen LogP contribution in [0.2, 0.25) is 0 Å². The van der Waals surface area contributed by atoms with Crippen molar-refractivity contribution in [3.05, 3.63) is 11.8 Å². The molecule has 0 unspecified atom stereocenters. The Balaban J connectivity index is 2.28. The average Bonchev–Trinajstić information content (AvgIpc) is 2.69. The zero-order valence-electron chi connectivity index (χ0n) is 11.5. The van der Waals surface area contributed by atoms with Gasteiger partial charge in [0.05, 0.1) is 0 Å². The number of nitrogens with one attached hydrogen (secondary N) is 1. The van der Waals surface area contributed by atoms with Gasteiger partial charge in [-0.25, -0.2) is 0 Å². The van der Waals surface area contributed by atoms with E-state index < -0.39 is 0 Å². The monoisotopic (exact) mass is 239 g/mol. The smallest absolute Gasteiger partial charge is 0.216 e. The summed E-state index contributed by atoms with van der Waals surface area (Å²) in [6, 6.07) is 0. The molecule has 0 aromatic carbocycles. The third kappa shape index (κ3) is 6.41. The van der Waals surface area contributed by atoms with E-state index in [1.165, 1.54) is 0 Å². The lowest BCUT2D eigenvalue weighted by atomic mass is 9.91.